The summed E-state index contributed by atoms with van der Waals surface area (Å²) in [4.78, 5) is 15.2. The van der Waals surface area contributed by atoms with E-state index in [0.717, 1.165) is 43.9 Å². The summed E-state index contributed by atoms with van der Waals surface area (Å²) in [6.45, 7) is 4.53. The Kier molecular flexibility index (Phi) is 6.81. The van der Waals surface area contributed by atoms with Gasteiger partial charge in [-0.1, -0.05) is 42.7 Å². The number of amides is 1. The molecule has 1 N–H and O–H groups in total. The molecule has 2 aromatic rings. The largest absolute Gasteiger partial charge is 0.493 e. The number of aryl methyl sites for hydroxylation is 1. The lowest BCUT2D eigenvalue weighted by Crippen LogP contribution is -2.43. The highest BCUT2D eigenvalue weighted by molar-refractivity contribution is 5.78. The molecule has 5 nitrogen and oxygen atoms in total. The highest BCUT2D eigenvalue weighted by Crippen LogP contribution is 2.38. The van der Waals surface area contributed by atoms with Crippen molar-refractivity contribution in [3.63, 3.8) is 0 Å². The van der Waals surface area contributed by atoms with Crippen molar-refractivity contribution < 1.29 is 14.3 Å². The zero-order valence-electron chi connectivity index (χ0n) is 18.9. The van der Waals surface area contributed by atoms with Gasteiger partial charge in [0.25, 0.3) is 0 Å². The van der Waals surface area contributed by atoms with E-state index >= 15 is 0 Å². The molecule has 0 aromatic heterocycles. The SMILES string of the molecule is COc1cc2c(cc1OC)[C@H](CNC(=O)C1CCCC1)N(Cc1ccc(C)cc1)CC2. The first kappa shape index (κ1) is 21.7. The van der Waals surface area contributed by atoms with E-state index in [1.165, 1.54) is 35.1 Å². The molecule has 1 saturated carbocycles. The molecular formula is C26H34N2O3. The first-order valence-corrected chi connectivity index (χ1v) is 11.4. The number of carbonyl (C=O) groups excluding carboxylic acids is 1. The second kappa shape index (κ2) is 9.73. The van der Waals surface area contributed by atoms with Gasteiger partial charge < -0.3 is 14.8 Å². The predicted octanol–water partition coefficient (Wildman–Crippen LogP) is 4.42. The second-order valence-corrected chi connectivity index (χ2v) is 8.85. The number of methoxy groups -OCH3 is 2. The third-order valence-electron chi connectivity index (χ3n) is 6.82. The Hall–Kier alpha value is -2.53. The van der Waals surface area contributed by atoms with Crippen LogP contribution in [0.25, 0.3) is 0 Å². The molecule has 4 rings (SSSR count). The van der Waals surface area contributed by atoms with Gasteiger partial charge in [0.15, 0.2) is 11.5 Å². The van der Waals surface area contributed by atoms with E-state index in [4.69, 9.17) is 9.47 Å². The number of carbonyl (C=O) groups is 1. The van der Waals surface area contributed by atoms with Crippen molar-refractivity contribution in [1.29, 1.82) is 0 Å². The topological polar surface area (TPSA) is 50.8 Å². The summed E-state index contributed by atoms with van der Waals surface area (Å²) in [6, 6.07) is 13.0. The molecular weight excluding hydrogens is 388 g/mol. The van der Waals surface area contributed by atoms with Crippen molar-refractivity contribution in [2.75, 3.05) is 27.3 Å². The average molecular weight is 423 g/mol. The maximum absolute atomic E-state index is 12.8. The maximum atomic E-state index is 12.8. The minimum Gasteiger partial charge on any atom is -0.493 e. The third kappa shape index (κ3) is 4.87. The van der Waals surface area contributed by atoms with Gasteiger partial charge in [-0.25, -0.2) is 0 Å². The van der Waals surface area contributed by atoms with Crippen molar-refractivity contribution in [2.24, 2.45) is 5.92 Å². The molecule has 0 radical (unpaired) electrons. The Morgan fingerprint density at radius 3 is 2.42 bits per heavy atom. The molecule has 0 saturated heterocycles. The van der Waals surface area contributed by atoms with Crippen LogP contribution >= 0.6 is 0 Å². The van der Waals surface area contributed by atoms with Gasteiger partial charge in [0.1, 0.15) is 0 Å². The average Bonchev–Trinajstić information content (AvgIpc) is 3.33. The number of ether oxygens (including phenoxy) is 2. The normalized spacial score (nSPS) is 19.1. The third-order valence-corrected chi connectivity index (χ3v) is 6.82. The summed E-state index contributed by atoms with van der Waals surface area (Å²) < 4.78 is 11.1. The number of hydrogen-bond acceptors (Lipinski definition) is 4. The Balaban J connectivity index is 1.59. The standard InChI is InChI=1S/C26H34N2O3/c1-18-8-10-19(11-9-18)17-28-13-12-21-14-24(30-2)25(31-3)15-22(21)23(28)16-27-26(29)20-6-4-5-7-20/h8-11,14-15,20,23H,4-7,12-13,16-17H2,1-3H3,(H,27,29)/t23-/m0/s1. The van der Waals surface area contributed by atoms with E-state index in [2.05, 4.69) is 53.5 Å². The number of hydrogen-bond donors (Lipinski definition) is 1. The molecule has 0 unspecified atom stereocenters. The number of fused-ring (bicyclic) bond motifs is 1. The second-order valence-electron chi connectivity index (χ2n) is 8.85. The van der Waals surface area contributed by atoms with E-state index in [1.807, 2.05) is 0 Å². The fourth-order valence-corrected chi connectivity index (χ4v) is 4.97. The molecule has 1 aliphatic carbocycles. The van der Waals surface area contributed by atoms with Crippen LogP contribution in [0.4, 0.5) is 0 Å². The van der Waals surface area contributed by atoms with Crippen molar-refractivity contribution in [1.82, 2.24) is 10.2 Å². The van der Waals surface area contributed by atoms with Gasteiger partial charge in [0.05, 0.1) is 20.3 Å². The summed E-state index contributed by atoms with van der Waals surface area (Å²) in [5.74, 6) is 1.90. The van der Waals surface area contributed by atoms with Crippen LogP contribution in [-0.4, -0.2) is 38.1 Å². The molecule has 5 heteroatoms. The Bertz CT molecular complexity index is 904. The van der Waals surface area contributed by atoms with Gasteiger partial charge in [-0.2, -0.15) is 0 Å². The van der Waals surface area contributed by atoms with Crippen LogP contribution in [-0.2, 0) is 17.8 Å². The molecule has 0 spiro atoms. The minimum atomic E-state index is 0.107. The van der Waals surface area contributed by atoms with Crippen LogP contribution in [0.1, 0.15) is 54.0 Å². The van der Waals surface area contributed by atoms with E-state index in [0.29, 0.717) is 6.54 Å². The summed E-state index contributed by atoms with van der Waals surface area (Å²) in [5, 5.41) is 3.27. The Labute approximate surface area is 185 Å². The monoisotopic (exact) mass is 422 g/mol. The van der Waals surface area contributed by atoms with E-state index in [-0.39, 0.29) is 17.9 Å². The molecule has 1 fully saturated rings. The Morgan fingerprint density at radius 1 is 1.06 bits per heavy atom. The molecule has 166 valence electrons. The molecule has 1 atom stereocenters. The van der Waals surface area contributed by atoms with E-state index in [9.17, 15) is 4.79 Å². The summed E-state index contributed by atoms with van der Waals surface area (Å²) in [6.07, 6.45) is 5.33. The van der Waals surface area contributed by atoms with Crippen molar-refractivity contribution in [3.05, 3.63) is 58.7 Å². The molecule has 0 bridgehead atoms. The van der Waals surface area contributed by atoms with Crippen molar-refractivity contribution in [3.8, 4) is 11.5 Å². The number of nitrogens with one attached hydrogen (secondary N) is 1. The summed E-state index contributed by atoms with van der Waals surface area (Å²) in [7, 11) is 3.35. The van der Waals surface area contributed by atoms with Crippen LogP contribution in [0.15, 0.2) is 36.4 Å². The predicted molar refractivity (Wildman–Crippen MR) is 123 cm³/mol. The number of nitrogens with zero attached hydrogens (tertiary/aromatic N) is 1. The summed E-state index contributed by atoms with van der Waals surface area (Å²) in [5.41, 5.74) is 5.06. The van der Waals surface area contributed by atoms with Gasteiger partial charge in [-0.3, -0.25) is 9.69 Å². The highest BCUT2D eigenvalue weighted by Gasteiger charge is 2.31. The zero-order valence-corrected chi connectivity index (χ0v) is 18.9. The van der Waals surface area contributed by atoms with Gasteiger partial charge in [0.2, 0.25) is 5.91 Å². The highest BCUT2D eigenvalue weighted by atomic mass is 16.5. The quantitative estimate of drug-likeness (QED) is 0.718. The molecule has 2 aromatic carbocycles. The smallest absolute Gasteiger partial charge is 0.223 e. The molecule has 1 heterocycles. The van der Waals surface area contributed by atoms with Gasteiger partial charge in [0, 0.05) is 25.6 Å². The Morgan fingerprint density at radius 2 is 1.74 bits per heavy atom. The van der Waals surface area contributed by atoms with Crippen molar-refractivity contribution >= 4 is 5.91 Å². The fourth-order valence-electron chi connectivity index (χ4n) is 4.97. The lowest BCUT2D eigenvalue weighted by Gasteiger charge is -2.38. The number of benzene rings is 2. The van der Waals surface area contributed by atoms with Crippen molar-refractivity contribution in [2.45, 2.75) is 51.6 Å². The fraction of sp³-hybridized carbons (Fsp3) is 0.500. The van der Waals surface area contributed by atoms with Crippen LogP contribution in [0, 0.1) is 12.8 Å². The molecule has 1 aliphatic heterocycles. The van der Waals surface area contributed by atoms with E-state index in [1.54, 1.807) is 14.2 Å². The lowest BCUT2D eigenvalue weighted by atomic mass is 9.91. The first-order valence-electron chi connectivity index (χ1n) is 11.4. The van der Waals surface area contributed by atoms with Gasteiger partial charge in [-0.15, -0.1) is 0 Å². The van der Waals surface area contributed by atoms with Gasteiger partial charge in [-0.05, 0) is 55.0 Å². The van der Waals surface area contributed by atoms with E-state index < -0.39 is 0 Å². The van der Waals surface area contributed by atoms with Crippen LogP contribution in [0.3, 0.4) is 0 Å². The molecule has 31 heavy (non-hydrogen) atoms. The number of rotatable bonds is 7. The zero-order chi connectivity index (χ0) is 21.8. The molecule has 1 amide bonds. The first-order chi connectivity index (χ1) is 15.1. The lowest BCUT2D eigenvalue weighted by molar-refractivity contribution is -0.125. The van der Waals surface area contributed by atoms with Crippen LogP contribution in [0.2, 0.25) is 0 Å². The van der Waals surface area contributed by atoms with Crippen LogP contribution in [0.5, 0.6) is 11.5 Å². The van der Waals surface area contributed by atoms with Gasteiger partial charge >= 0.3 is 0 Å². The van der Waals surface area contributed by atoms with Crippen LogP contribution < -0.4 is 14.8 Å². The summed E-state index contributed by atoms with van der Waals surface area (Å²) >= 11 is 0. The minimum absolute atomic E-state index is 0.107. The molecule has 2 aliphatic rings. The maximum Gasteiger partial charge on any atom is 0.223 e.